The van der Waals surface area contributed by atoms with E-state index in [1.165, 1.54) is 26.7 Å². The Morgan fingerprint density at radius 3 is 2.65 bits per heavy atom. The molecule has 0 saturated heterocycles. The van der Waals surface area contributed by atoms with E-state index >= 15 is 0 Å². The van der Waals surface area contributed by atoms with Gasteiger partial charge < -0.3 is 10.0 Å². The molecule has 1 heterocycles. The largest absolute Gasteiger partial charge is 0.480 e. The molecular weight excluding hydrogens is 274 g/mol. The zero-order chi connectivity index (χ0) is 15.1. The molecule has 0 spiro atoms. The number of thiophene rings is 1. The zero-order valence-electron chi connectivity index (χ0n) is 12.0. The molecule has 1 amide bonds. The van der Waals surface area contributed by atoms with Gasteiger partial charge >= 0.3 is 5.97 Å². The molecule has 0 aromatic carbocycles. The van der Waals surface area contributed by atoms with Crippen molar-refractivity contribution in [3.8, 4) is 0 Å². The van der Waals surface area contributed by atoms with Gasteiger partial charge in [-0.25, -0.2) is 0 Å². The predicted molar refractivity (Wildman–Crippen MR) is 81.4 cm³/mol. The molecule has 0 atom stereocenters. The molecule has 0 aliphatic carbocycles. The van der Waals surface area contributed by atoms with Crippen molar-refractivity contribution in [3.63, 3.8) is 0 Å². The van der Waals surface area contributed by atoms with Crippen LogP contribution >= 0.6 is 11.3 Å². The second-order valence-electron chi connectivity index (χ2n) is 4.53. The van der Waals surface area contributed by atoms with Crippen LogP contribution < -0.4 is 0 Å². The third kappa shape index (κ3) is 4.20. The molecule has 0 fully saturated rings. The maximum atomic E-state index is 12.4. The van der Waals surface area contributed by atoms with Gasteiger partial charge in [0.25, 0.3) is 5.91 Å². The third-order valence-corrected chi connectivity index (χ3v) is 4.15. The Morgan fingerprint density at radius 1 is 1.45 bits per heavy atom. The fourth-order valence-electron chi connectivity index (χ4n) is 2.00. The summed E-state index contributed by atoms with van der Waals surface area (Å²) in [5.41, 5.74) is 1.19. The van der Waals surface area contributed by atoms with Crippen LogP contribution in [0, 0.1) is 0 Å². The van der Waals surface area contributed by atoms with Gasteiger partial charge in [-0.1, -0.05) is 26.3 Å². The maximum Gasteiger partial charge on any atom is 0.323 e. The Labute approximate surface area is 123 Å². The third-order valence-electron chi connectivity index (χ3n) is 2.93. The second kappa shape index (κ2) is 7.85. The molecule has 0 radical (unpaired) electrons. The molecule has 0 unspecified atom stereocenters. The molecule has 0 bridgehead atoms. The van der Waals surface area contributed by atoms with E-state index in [2.05, 4.69) is 20.4 Å². The topological polar surface area (TPSA) is 57.6 Å². The number of carbonyl (C=O) groups is 2. The second-order valence-corrected chi connectivity index (χ2v) is 5.67. The first-order valence-corrected chi connectivity index (χ1v) is 7.58. The molecule has 1 aromatic heterocycles. The number of carboxylic acids is 1. The first kappa shape index (κ1) is 16.4. The molecule has 1 rings (SSSR count). The number of rotatable bonds is 8. The summed E-state index contributed by atoms with van der Waals surface area (Å²) in [7, 11) is 0. The number of carboxylic acid groups (broad SMARTS) is 1. The van der Waals surface area contributed by atoms with Crippen LogP contribution in [0.4, 0.5) is 0 Å². The number of hydrogen-bond donors (Lipinski definition) is 1. The lowest BCUT2D eigenvalue weighted by Crippen LogP contribution is -2.35. The van der Waals surface area contributed by atoms with Crippen LogP contribution in [-0.4, -0.2) is 35.0 Å². The van der Waals surface area contributed by atoms with E-state index < -0.39 is 5.97 Å². The normalized spacial score (nSPS) is 10.3. The van der Waals surface area contributed by atoms with Gasteiger partial charge in [-0.15, -0.1) is 17.9 Å². The molecule has 0 saturated carbocycles. The predicted octanol–water partition coefficient (Wildman–Crippen LogP) is 2.98. The van der Waals surface area contributed by atoms with Crippen molar-refractivity contribution in [1.82, 2.24) is 4.90 Å². The molecule has 110 valence electrons. The van der Waals surface area contributed by atoms with Gasteiger partial charge in [-0.2, -0.15) is 0 Å². The number of carbonyl (C=O) groups excluding carboxylic acids is 1. The summed E-state index contributed by atoms with van der Waals surface area (Å²) in [4.78, 5) is 26.4. The highest BCUT2D eigenvalue weighted by Crippen LogP contribution is 2.25. The number of nitrogens with zero attached hydrogens (tertiary/aromatic N) is 1. The maximum absolute atomic E-state index is 12.4. The smallest absolute Gasteiger partial charge is 0.323 e. The number of amides is 1. The van der Waals surface area contributed by atoms with Gasteiger partial charge in [0, 0.05) is 11.4 Å². The minimum atomic E-state index is -1.01. The van der Waals surface area contributed by atoms with Gasteiger partial charge in [0.1, 0.15) is 6.54 Å². The van der Waals surface area contributed by atoms with Crippen LogP contribution in [0.3, 0.4) is 0 Å². The minimum Gasteiger partial charge on any atom is -0.480 e. The van der Waals surface area contributed by atoms with E-state index in [1.54, 1.807) is 6.08 Å². The average molecular weight is 295 g/mol. The van der Waals surface area contributed by atoms with E-state index in [1.807, 2.05) is 6.07 Å². The van der Waals surface area contributed by atoms with Crippen molar-refractivity contribution in [3.05, 3.63) is 34.0 Å². The molecular formula is C15H21NO3S. The van der Waals surface area contributed by atoms with Gasteiger partial charge in [0.05, 0.1) is 4.88 Å². The Bertz CT molecular complexity index is 493. The molecule has 20 heavy (non-hydrogen) atoms. The van der Waals surface area contributed by atoms with Crippen molar-refractivity contribution >= 4 is 23.2 Å². The summed E-state index contributed by atoms with van der Waals surface area (Å²) in [6, 6.07) is 1.90. The summed E-state index contributed by atoms with van der Waals surface area (Å²) in [5.74, 6) is -1.24. The molecule has 0 aliphatic rings. The number of aliphatic carboxylic acids is 1. The monoisotopic (exact) mass is 295 g/mol. The van der Waals surface area contributed by atoms with E-state index in [4.69, 9.17) is 5.11 Å². The molecule has 1 aromatic rings. The van der Waals surface area contributed by atoms with Crippen molar-refractivity contribution in [2.75, 3.05) is 13.1 Å². The van der Waals surface area contributed by atoms with E-state index in [0.29, 0.717) is 4.88 Å². The van der Waals surface area contributed by atoms with Crippen molar-refractivity contribution < 1.29 is 14.7 Å². The van der Waals surface area contributed by atoms with Crippen molar-refractivity contribution in [1.29, 1.82) is 0 Å². The first-order chi connectivity index (χ1) is 9.53. The van der Waals surface area contributed by atoms with E-state index in [0.717, 1.165) is 19.3 Å². The summed E-state index contributed by atoms with van der Waals surface area (Å²) >= 11 is 1.48. The van der Waals surface area contributed by atoms with E-state index in [9.17, 15) is 9.59 Å². The zero-order valence-corrected chi connectivity index (χ0v) is 12.8. The molecule has 4 nitrogen and oxygen atoms in total. The van der Waals surface area contributed by atoms with Gasteiger partial charge in [0.15, 0.2) is 0 Å². The SMILES string of the molecule is C=CCN(CC(=O)O)C(=O)c1cc(CC)c(CCC)s1. The summed E-state index contributed by atoms with van der Waals surface area (Å²) in [5, 5.41) is 8.87. The summed E-state index contributed by atoms with van der Waals surface area (Å²) in [6.07, 6.45) is 4.43. The Hall–Kier alpha value is -1.62. The lowest BCUT2D eigenvalue weighted by atomic mass is 10.1. The van der Waals surface area contributed by atoms with Crippen LogP contribution in [-0.2, 0) is 17.6 Å². The Kier molecular flexibility index (Phi) is 6.45. The molecule has 0 aliphatic heterocycles. The van der Waals surface area contributed by atoms with Crippen LogP contribution in [0.1, 0.15) is 40.4 Å². The Morgan fingerprint density at radius 2 is 2.15 bits per heavy atom. The summed E-state index contributed by atoms with van der Waals surface area (Å²) < 4.78 is 0. The molecule has 5 heteroatoms. The lowest BCUT2D eigenvalue weighted by Gasteiger charge is -2.17. The molecule has 1 N–H and O–H groups in total. The summed E-state index contributed by atoms with van der Waals surface area (Å²) in [6.45, 7) is 7.68. The van der Waals surface area contributed by atoms with E-state index in [-0.39, 0.29) is 19.0 Å². The fraction of sp³-hybridized carbons (Fsp3) is 0.467. The van der Waals surface area contributed by atoms with Gasteiger partial charge in [-0.05, 0) is 24.5 Å². The van der Waals surface area contributed by atoms with Gasteiger partial charge in [-0.3, -0.25) is 9.59 Å². The fourth-order valence-corrected chi connectivity index (χ4v) is 3.33. The van der Waals surface area contributed by atoms with Gasteiger partial charge in [0.2, 0.25) is 0 Å². The highest BCUT2D eigenvalue weighted by atomic mass is 32.1. The Balaban J connectivity index is 2.98. The lowest BCUT2D eigenvalue weighted by molar-refractivity contribution is -0.137. The quantitative estimate of drug-likeness (QED) is 0.750. The average Bonchev–Trinajstić information content (AvgIpc) is 2.80. The highest BCUT2D eigenvalue weighted by molar-refractivity contribution is 7.14. The van der Waals surface area contributed by atoms with Crippen LogP contribution in [0.15, 0.2) is 18.7 Å². The van der Waals surface area contributed by atoms with Crippen LogP contribution in [0.5, 0.6) is 0 Å². The highest BCUT2D eigenvalue weighted by Gasteiger charge is 2.20. The minimum absolute atomic E-state index is 0.227. The van der Waals surface area contributed by atoms with Crippen LogP contribution in [0.25, 0.3) is 0 Å². The van der Waals surface area contributed by atoms with Crippen LogP contribution in [0.2, 0.25) is 0 Å². The standard InChI is InChI=1S/C15H21NO3S/c1-4-7-12-11(6-3)9-13(20-12)15(19)16(8-5-2)10-14(17)18/h5,9H,2,4,6-8,10H2,1,3H3,(H,17,18). The first-order valence-electron chi connectivity index (χ1n) is 6.76. The van der Waals surface area contributed by atoms with Crippen molar-refractivity contribution in [2.45, 2.75) is 33.1 Å². The van der Waals surface area contributed by atoms with Crippen molar-refractivity contribution in [2.24, 2.45) is 0 Å². The number of aryl methyl sites for hydroxylation is 2. The number of hydrogen-bond acceptors (Lipinski definition) is 3.